The summed E-state index contributed by atoms with van der Waals surface area (Å²) in [5.41, 5.74) is 0.489. The molecule has 1 N–H and O–H groups in total. The molecule has 1 aliphatic carbocycles. The molecule has 0 heterocycles. The van der Waals surface area contributed by atoms with Gasteiger partial charge in [0.15, 0.2) is 0 Å². The largest absolute Gasteiger partial charge is 0.310 e. The average molecular weight is 239 g/mol. The molecule has 3 heteroatoms. The summed E-state index contributed by atoms with van der Waals surface area (Å²) in [7, 11) is 0. The van der Waals surface area contributed by atoms with E-state index < -0.39 is 0 Å². The molecule has 1 fully saturated rings. The molecule has 0 aliphatic heterocycles. The zero-order valence-corrected chi connectivity index (χ0v) is 10.2. The highest BCUT2D eigenvalue weighted by Gasteiger charge is 2.29. The van der Waals surface area contributed by atoms with E-state index in [0.29, 0.717) is 11.5 Å². The van der Waals surface area contributed by atoms with E-state index in [1.54, 1.807) is 0 Å². The van der Waals surface area contributed by atoms with Gasteiger partial charge in [0, 0.05) is 11.6 Å². The normalized spacial score (nSPS) is 17.8. The van der Waals surface area contributed by atoms with Crippen LogP contribution >= 0.6 is 0 Å². The summed E-state index contributed by atoms with van der Waals surface area (Å²) in [5.74, 6) is -0.200. The summed E-state index contributed by atoms with van der Waals surface area (Å²) in [6, 6.07) is 3.71. The van der Waals surface area contributed by atoms with Crippen molar-refractivity contribution < 1.29 is 8.78 Å². The van der Waals surface area contributed by atoms with E-state index in [4.69, 9.17) is 0 Å². The highest BCUT2D eigenvalue weighted by atomic mass is 19.1. The second-order valence-corrected chi connectivity index (χ2v) is 4.79. The summed E-state index contributed by atoms with van der Waals surface area (Å²) in [6.07, 6.45) is 4.42. The number of rotatable bonds is 5. The van der Waals surface area contributed by atoms with E-state index in [-0.39, 0.29) is 17.7 Å². The van der Waals surface area contributed by atoms with Gasteiger partial charge in [-0.3, -0.25) is 0 Å². The van der Waals surface area contributed by atoms with Crippen LogP contribution in [0.3, 0.4) is 0 Å². The van der Waals surface area contributed by atoms with E-state index >= 15 is 0 Å². The van der Waals surface area contributed by atoms with Gasteiger partial charge in [-0.05, 0) is 49.9 Å². The van der Waals surface area contributed by atoms with Crippen LogP contribution < -0.4 is 5.32 Å². The highest BCUT2D eigenvalue weighted by Crippen LogP contribution is 2.38. The van der Waals surface area contributed by atoms with E-state index in [9.17, 15) is 8.78 Å². The zero-order chi connectivity index (χ0) is 12.3. The fourth-order valence-electron chi connectivity index (χ4n) is 2.36. The summed E-state index contributed by atoms with van der Waals surface area (Å²) in [6.45, 7) is 2.92. The SMILES string of the molecule is CCCNC(c1cc(F)ccc1F)C1CCC1. The highest BCUT2D eigenvalue weighted by molar-refractivity contribution is 5.23. The van der Waals surface area contributed by atoms with Crippen LogP contribution in [-0.4, -0.2) is 6.54 Å². The lowest BCUT2D eigenvalue weighted by Crippen LogP contribution is -2.33. The van der Waals surface area contributed by atoms with Crippen LogP contribution in [0, 0.1) is 17.6 Å². The maximum absolute atomic E-state index is 13.8. The predicted octanol–water partition coefficient (Wildman–Crippen LogP) is 3.81. The Hall–Kier alpha value is -0.960. The number of benzene rings is 1. The van der Waals surface area contributed by atoms with E-state index in [1.807, 2.05) is 0 Å². The summed E-state index contributed by atoms with van der Waals surface area (Å²) >= 11 is 0. The van der Waals surface area contributed by atoms with Gasteiger partial charge in [-0.15, -0.1) is 0 Å². The Bertz CT molecular complexity index is 374. The molecule has 0 aromatic heterocycles. The Kier molecular flexibility index (Phi) is 4.11. The third-order valence-corrected chi connectivity index (χ3v) is 3.53. The summed E-state index contributed by atoms with van der Waals surface area (Å²) in [4.78, 5) is 0. The van der Waals surface area contributed by atoms with E-state index in [1.165, 1.54) is 24.6 Å². The molecule has 2 rings (SSSR count). The lowest BCUT2D eigenvalue weighted by Gasteiger charge is -2.35. The van der Waals surface area contributed by atoms with Crippen LogP contribution in [-0.2, 0) is 0 Å². The first-order chi connectivity index (χ1) is 8.22. The van der Waals surface area contributed by atoms with Crippen molar-refractivity contribution in [3.63, 3.8) is 0 Å². The molecule has 1 unspecified atom stereocenters. The van der Waals surface area contributed by atoms with Crippen LogP contribution in [0.2, 0.25) is 0 Å². The summed E-state index contributed by atoms with van der Waals surface area (Å²) in [5, 5.41) is 3.35. The van der Waals surface area contributed by atoms with E-state index in [0.717, 1.165) is 25.8 Å². The van der Waals surface area contributed by atoms with Crippen molar-refractivity contribution in [1.82, 2.24) is 5.32 Å². The maximum atomic E-state index is 13.8. The Morgan fingerprint density at radius 3 is 2.71 bits per heavy atom. The van der Waals surface area contributed by atoms with Crippen LogP contribution in [0.5, 0.6) is 0 Å². The molecule has 1 nitrogen and oxygen atoms in total. The number of hydrogen-bond donors (Lipinski definition) is 1. The van der Waals surface area contributed by atoms with Gasteiger partial charge >= 0.3 is 0 Å². The lowest BCUT2D eigenvalue weighted by molar-refractivity contribution is 0.227. The zero-order valence-electron chi connectivity index (χ0n) is 10.2. The Labute approximate surface area is 101 Å². The molecular formula is C14H19F2N. The van der Waals surface area contributed by atoms with Crippen molar-refractivity contribution in [3.05, 3.63) is 35.4 Å². The number of hydrogen-bond acceptors (Lipinski definition) is 1. The second kappa shape index (κ2) is 5.58. The molecule has 0 amide bonds. The van der Waals surface area contributed by atoms with Gasteiger partial charge < -0.3 is 5.32 Å². The van der Waals surface area contributed by atoms with Gasteiger partial charge in [-0.1, -0.05) is 13.3 Å². The smallest absolute Gasteiger partial charge is 0.128 e. The molecule has 0 bridgehead atoms. The minimum atomic E-state index is -0.357. The minimum Gasteiger partial charge on any atom is -0.310 e. The van der Waals surface area contributed by atoms with Crippen molar-refractivity contribution in [2.24, 2.45) is 5.92 Å². The molecule has 17 heavy (non-hydrogen) atoms. The Morgan fingerprint density at radius 2 is 2.12 bits per heavy atom. The number of halogens is 2. The van der Waals surface area contributed by atoms with Crippen molar-refractivity contribution in [1.29, 1.82) is 0 Å². The van der Waals surface area contributed by atoms with Crippen molar-refractivity contribution in [2.45, 2.75) is 38.6 Å². The van der Waals surface area contributed by atoms with Gasteiger partial charge in [-0.2, -0.15) is 0 Å². The van der Waals surface area contributed by atoms with Crippen LogP contribution in [0.1, 0.15) is 44.2 Å². The topological polar surface area (TPSA) is 12.0 Å². The molecule has 1 aliphatic rings. The fourth-order valence-corrected chi connectivity index (χ4v) is 2.36. The molecule has 1 aromatic rings. The third kappa shape index (κ3) is 2.83. The second-order valence-electron chi connectivity index (χ2n) is 4.79. The van der Waals surface area contributed by atoms with Crippen LogP contribution in [0.4, 0.5) is 8.78 Å². The van der Waals surface area contributed by atoms with Gasteiger partial charge in [0.1, 0.15) is 11.6 Å². The van der Waals surface area contributed by atoms with Crippen molar-refractivity contribution in [3.8, 4) is 0 Å². The summed E-state index contributed by atoms with van der Waals surface area (Å²) < 4.78 is 27.0. The Morgan fingerprint density at radius 1 is 1.35 bits per heavy atom. The molecule has 94 valence electrons. The molecule has 1 saturated carbocycles. The van der Waals surface area contributed by atoms with Crippen molar-refractivity contribution >= 4 is 0 Å². The predicted molar refractivity (Wildman–Crippen MR) is 64.7 cm³/mol. The monoisotopic (exact) mass is 239 g/mol. The average Bonchev–Trinajstić information content (AvgIpc) is 2.25. The lowest BCUT2D eigenvalue weighted by atomic mass is 9.77. The first kappa shape index (κ1) is 12.5. The Balaban J connectivity index is 2.20. The number of nitrogens with one attached hydrogen (secondary N) is 1. The fraction of sp³-hybridized carbons (Fsp3) is 0.571. The van der Waals surface area contributed by atoms with Gasteiger partial charge in [0.2, 0.25) is 0 Å². The van der Waals surface area contributed by atoms with Crippen LogP contribution in [0.25, 0.3) is 0 Å². The standard InChI is InChI=1S/C14H19F2N/c1-2-8-17-14(10-4-3-5-10)12-9-11(15)6-7-13(12)16/h6-7,9-10,14,17H,2-5,8H2,1H3. The quantitative estimate of drug-likeness (QED) is 0.824. The van der Waals surface area contributed by atoms with E-state index in [2.05, 4.69) is 12.2 Å². The maximum Gasteiger partial charge on any atom is 0.128 e. The van der Waals surface area contributed by atoms with Gasteiger partial charge in [0.25, 0.3) is 0 Å². The van der Waals surface area contributed by atoms with Crippen molar-refractivity contribution in [2.75, 3.05) is 6.54 Å². The van der Waals surface area contributed by atoms with Crippen LogP contribution in [0.15, 0.2) is 18.2 Å². The molecule has 1 aromatic carbocycles. The first-order valence-corrected chi connectivity index (χ1v) is 6.40. The van der Waals surface area contributed by atoms with Gasteiger partial charge in [0.05, 0.1) is 0 Å². The molecule has 1 atom stereocenters. The molecule has 0 spiro atoms. The first-order valence-electron chi connectivity index (χ1n) is 6.40. The minimum absolute atomic E-state index is 0.0283. The molecular weight excluding hydrogens is 220 g/mol. The molecule has 0 radical (unpaired) electrons. The third-order valence-electron chi connectivity index (χ3n) is 3.53. The molecule has 0 saturated heterocycles. The van der Waals surface area contributed by atoms with Gasteiger partial charge in [-0.25, -0.2) is 8.78 Å².